The predicted molar refractivity (Wildman–Crippen MR) is 70.9 cm³/mol. The van der Waals surface area contributed by atoms with E-state index in [1.807, 2.05) is 0 Å². The van der Waals surface area contributed by atoms with Crippen molar-refractivity contribution in [3.63, 3.8) is 0 Å². The Morgan fingerprint density at radius 3 is 2.30 bits per heavy atom. The van der Waals surface area contributed by atoms with E-state index in [0.717, 1.165) is 12.5 Å². The van der Waals surface area contributed by atoms with E-state index in [1.54, 1.807) is 0 Å². The Labute approximate surface area is 160 Å². The molecular weight excluding hydrogens is 295 g/mol. The Hall–Kier alpha value is 0.471. The largest absolute Gasteiger partial charge is 1.00 e. The predicted octanol–water partition coefficient (Wildman–Crippen LogP) is 0.187. The van der Waals surface area contributed by atoms with Crippen LogP contribution >= 0.6 is 0 Å². The van der Waals surface area contributed by atoms with Gasteiger partial charge in [0.2, 0.25) is 0 Å². The van der Waals surface area contributed by atoms with E-state index in [-0.39, 0.29) is 63.7 Å². The van der Waals surface area contributed by atoms with E-state index >= 15 is 0 Å². The first-order chi connectivity index (χ1) is 8.91. The van der Waals surface area contributed by atoms with Crippen molar-refractivity contribution in [2.45, 2.75) is 20.3 Å². The minimum absolute atomic E-state index is 0. The van der Waals surface area contributed by atoms with Crippen molar-refractivity contribution < 1.29 is 73.8 Å². The van der Waals surface area contributed by atoms with Crippen LogP contribution in [0.5, 0.6) is 5.75 Å². The van der Waals surface area contributed by atoms with E-state index in [0.29, 0.717) is 19.1 Å². The molecule has 0 bridgehead atoms. The Morgan fingerprint density at radius 2 is 1.70 bits per heavy atom. The van der Waals surface area contributed by atoms with Gasteiger partial charge in [-0.15, -0.1) is 0 Å². The van der Waals surface area contributed by atoms with E-state index in [9.17, 15) is 12.9 Å². The van der Waals surface area contributed by atoms with Crippen molar-refractivity contribution in [2.24, 2.45) is 5.92 Å². The monoisotopic (exact) mass is 314 g/mol. The molecule has 1 aromatic rings. The zero-order chi connectivity index (χ0) is 14.3. The van der Waals surface area contributed by atoms with Gasteiger partial charge in [-0.1, -0.05) is 37.5 Å². The van der Waals surface area contributed by atoms with Crippen molar-refractivity contribution in [2.75, 3.05) is 19.8 Å². The summed E-state index contributed by atoms with van der Waals surface area (Å²) in [4.78, 5) is 0. The molecule has 1 aromatic carbocycles. The Bertz CT molecular complexity index is 386. The summed E-state index contributed by atoms with van der Waals surface area (Å²) in [6.07, 6.45) is 0.933. The first kappa shape index (κ1) is 20.5. The molecule has 7 heteroatoms. The van der Waals surface area contributed by atoms with Gasteiger partial charge >= 0.3 is 58.4 Å². The fraction of sp³-hybridized carbons (Fsp3) is 0.538. The summed E-state index contributed by atoms with van der Waals surface area (Å²) >= 11 is 0. The maximum atomic E-state index is 12.7. The van der Waals surface area contributed by atoms with Crippen LogP contribution in [0.25, 0.3) is 0 Å². The van der Waals surface area contributed by atoms with Crippen molar-refractivity contribution in [3.05, 3.63) is 24.3 Å². The van der Waals surface area contributed by atoms with Gasteiger partial charge in [-0.3, -0.25) is 0 Å². The average molecular weight is 314 g/mol. The van der Waals surface area contributed by atoms with Crippen molar-refractivity contribution in [3.8, 4) is 5.75 Å². The van der Waals surface area contributed by atoms with Crippen LogP contribution in [0.2, 0.25) is 0 Å². The van der Waals surface area contributed by atoms with Gasteiger partial charge in [-0.25, -0.2) is 0 Å². The first-order valence-corrected chi connectivity index (χ1v) is 6.40. The summed E-state index contributed by atoms with van der Waals surface area (Å²) in [5.41, 5.74) is -0.690. The molecule has 0 saturated heterocycles. The molecule has 0 N–H and O–H groups in total. The minimum atomic E-state index is -5.04. The zero-order valence-electron chi connectivity index (χ0n) is 12.2. The second-order valence-electron chi connectivity index (χ2n) is 4.76. The number of hydrogen-bond donors (Lipinski definition) is 0. The van der Waals surface area contributed by atoms with Crippen LogP contribution < -0.4 is 61.6 Å². The molecule has 0 unspecified atom stereocenters. The van der Waals surface area contributed by atoms with Gasteiger partial charge in [0.1, 0.15) is 6.61 Å². The Balaban J connectivity index is 0.00000361. The molecule has 0 fully saturated rings. The van der Waals surface area contributed by atoms with Gasteiger partial charge in [0.05, 0.1) is 12.4 Å². The third-order valence-electron chi connectivity index (χ3n) is 2.60. The van der Waals surface area contributed by atoms with Gasteiger partial charge in [-0.2, -0.15) is 0 Å². The third-order valence-corrected chi connectivity index (χ3v) is 2.60. The molecule has 0 aliphatic heterocycles. The number of benzene rings is 1. The number of halogens is 3. The normalized spacial score (nSPS) is 11.3. The van der Waals surface area contributed by atoms with Gasteiger partial charge in [0.15, 0.2) is 0 Å². The molecule has 0 aromatic heterocycles. The fourth-order valence-electron chi connectivity index (χ4n) is 1.51. The quantitative estimate of drug-likeness (QED) is 0.504. The van der Waals surface area contributed by atoms with Crippen molar-refractivity contribution in [1.29, 1.82) is 0 Å². The zero-order valence-corrected chi connectivity index (χ0v) is 15.4. The molecule has 0 spiro atoms. The molecule has 2 nitrogen and oxygen atoms in total. The molecule has 1 rings (SSSR count). The van der Waals surface area contributed by atoms with Crippen LogP contribution in [-0.2, 0) is 4.74 Å². The molecule has 0 aliphatic rings. The molecule has 0 aliphatic carbocycles. The van der Waals surface area contributed by atoms with Crippen LogP contribution in [0.4, 0.5) is 12.9 Å². The average Bonchev–Trinajstić information content (AvgIpc) is 2.32. The van der Waals surface area contributed by atoms with Crippen LogP contribution in [0, 0.1) is 5.92 Å². The molecule has 0 atom stereocenters. The summed E-state index contributed by atoms with van der Waals surface area (Å²) < 4.78 is 48.6. The van der Waals surface area contributed by atoms with Crippen LogP contribution in [0.1, 0.15) is 20.3 Å². The Morgan fingerprint density at radius 1 is 1.05 bits per heavy atom. The third kappa shape index (κ3) is 8.05. The molecule has 0 amide bonds. The second-order valence-corrected chi connectivity index (χ2v) is 4.76. The molecular formula is C13H19BF3KO2. The second kappa shape index (κ2) is 10.2. The minimum Gasteiger partial charge on any atom is -0.494 e. The summed E-state index contributed by atoms with van der Waals surface area (Å²) in [5, 5.41) is 0. The summed E-state index contributed by atoms with van der Waals surface area (Å²) in [6, 6.07) is 5.25. The maximum absolute atomic E-state index is 12.7. The van der Waals surface area contributed by atoms with Gasteiger partial charge in [-0.05, 0) is 18.4 Å². The Kier molecular flexibility index (Phi) is 10.5. The topological polar surface area (TPSA) is 18.5 Å². The van der Waals surface area contributed by atoms with E-state index in [1.165, 1.54) is 18.2 Å². The molecule has 0 heterocycles. The van der Waals surface area contributed by atoms with Crippen LogP contribution in [-0.4, -0.2) is 26.8 Å². The smallest absolute Gasteiger partial charge is 0.494 e. The summed E-state index contributed by atoms with van der Waals surface area (Å²) in [5.74, 6) is 0.428. The van der Waals surface area contributed by atoms with Gasteiger partial charge < -0.3 is 22.4 Å². The molecule has 0 saturated carbocycles. The van der Waals surface area contributed by atoms with Gasteiger partial charge in [0, 0.05) is 6.61 Å². The molecule has 108 valence electrons. The maximum Gasteiger partial charge on any atom is 1.00 e. The number of ether oxygens (including phenoxy) is 2. The van der Waals surface area contributed by atoms with E-state index < -0.39 is 12.4 Å². The van der Waals surface area contributed by atoms with Gasteiger partial charge in [0.25, 0.3) is 0 Å². The summed E-state index contributed by atoms with van der Waals surface area (Å²) in [7, 11) is 0. The van der Waals surface area contributed by atoms with E-state index in [4.69, 9.17) is 9.47 Å². The molecule has 20 heavy (non-hydrogen) atoms. The fourth-order valence-corrected chi connectivity index (χ4v) is 1.51. The number of rotatable bonds is 8. The van der Waals surface area contributed by atoms with Crippen molar-refractivity contribution >= 4 is 12.4 Å². The van der Waals surface area contributed by atoms with Crippen LogP contribution in [0.15, 0.2) is 24.3 Å². The number of para-hydroxylation sites is 1. The molecule has 0 radical (unpaired) electrons. The SMILES string of the molecule is CC(C)CCOCCOc1ccccc1[B-](F)(F)F.[K+]. The van der Waals surface area contributed by atoms with E-state index in [2.05, 4.69) is 13.8 Å². The summed E-state index contributed by atoms with van der Waals surface area (Å²) in [6.45, 7) is 0.155. The standard InChI is InChI=1S/C13H19BF3O2.K/c1-11(2)7-8-18-9-10-19-13-6-4-3-5-12(13)14(15,16)17;/h3-6,11H,7-10H2,1-2H3;/q-1;+1. The van der Waals surface area contributed by atoms with Crippen LogP contribution in [0.3, 0.4) is 0 Å². The van der Waals surface area contributed by atoms with Crippen molar-refractivity contribution in [1.82, 2.24) is 0 Å². The number of hydrogen-bond acceptors (Lipinski definition) is 2. The first-order valence-electron chi connectivity index (χ1n) is 6.40.